The molecule has 1 heterocycles. The maximum atomic E-state index is 13.4. The molecule has 2 rings (SSSR count). The Morgan fingerprint density at radius 1 is 1.41 bits per heavy atom. The Morgan fingerprint density at radius 2 is 2.18 bits per heavy atom. The number of nitrogens with zero attached hydrogens (tertiary/aromatic N) is 2. The standard InChI is InChI=1S/C13H15FN2O/c1-16-9-10(8-15-16)6-7-13(17)11-4-2-3-5-12(11)14/h2-5,8-9,13,17H,6-7H2,1H3. The van der Waals surface area contributed by atoms with E-state index in [2.05, 4.69) is 5.10 Å². The third-order valence-corrected chi connectivity index (χ3v) is 2.73. The van der Waals surface area contributed by atoms with E-state index >= 15 is 0 Å². The second-order valence-electron chi connectivity index (χ2n) is 4.10. The summed E-state index contributed by atoms with van der Waals surface area (Å²) in [6, 6.07) is 6.32. The van der Waals surface area contributed by atoms with Gasteiger partial charge in [-0.15, -0.1) is 0 Å². The van der Waals surface area contributed by atoms with Gasteiger partial charge in [-0.05, 0) is 24.5 Å². The summed E-state index contributed by atoms with van der Waals surface area (Å²) in [5, 5.41) is 13.9. The number of hydrogen-bond donors (Lipinski definition) is 1. The molecule has 0 fully saturated rings. The van der Waals surface area contributed by atoms with E-state index in [1.54, 1.807) is 29.1 Å². The maximum Gasteiger partial charge on any atom is 0.128 e. The SMILES string of the molecule is Cn1cc(CCC(O)c2ccccc2F)cn1. The highest BCUT2D eigenvalue weighted by molar-refractivity contribution is 5.20. The van der Waals surface area contributed by atoms with Crippen LogP contribution in [-0.4, -0.2) is 14.9 Å². The third kappa shape index (κ3) is 2.91. The number of halogens is 1. The second-order valence-corrected chi connectivity index (χ2v) is 4.10. The van der Waals surface area contributed by atoms with Crippen LogP contribution < -0.4 is 0 Å². The van der Waals surface area contributed by atoms with Crippen LogP contribution >= 0.6 is 0 Å². The molecule has 3 nitrogen and oxygen atoms in total. The summed E-state index contributed by atoms with van der Waals surface area (Å²) in [7, 11) is 1.84. The molecule has 17 heavy (non-hydrogen) atoms. The monoisotopic (exact) mass is 234 g/mol. The van der Waals surface area contributed by atoms with Gasteiger partial charge in [-0.1, -0.05) is 18.2 Å². The van der Waals surface area contributed by atoms with E-state index in [-0.39, 0.29) is 5.82 Å². The van der Waals surface area contributed by atoms with Crippen molar-refractivity contribution in [1.82, 2.24) is 9.78 Å². The van der Waals surface area contributed by atoms with Gasteiger partial charge in [0.25, 0.3) is 0 Å². The molecule has 1 atom stereocenters. The molecule has 0 radical (unpaired) electrons. The molecule has 0 bridgehead atoms. The van der Waals surface area contributed by atoms with Crippen LogP contribution in [0.4, 0.5) is 4.39 Å². The molecule has 4 heteroatoms. The van der Waals surface area contributed by atoms with Crippen LogP contribution in [0.15, 0.2) is 36.7 Å². The molecule has 1 N–H and O–H groups in total. The van der Waals surface area contributed by atoms with Gasteiger partial charge >= 0.3 is 0 Å². The van der Waals surface area contributed by atoms with Crippen LogP contribution in [0.3, 0.4) is 0 Å². The molecule has 0 amide bonds. The Bertz CT molecular complexity index is 496. The number of aromatic nitrogens is 2. The summed E-state index contributed by atoms with van der Waals surface area (Å²) < 4.78 is 15.1. The lowest BCUT2D eigenvalue weighted by molar-refractivity contribution is 0.163. The van der Waals surface area contributed by atoms with Crippen LogP contribution in [0.5, 0.6) is 0 Å². The van der Waals surface area contributed by atoms with E-state index in [0.717, 1.165) is 5.56 Å². The number of aliphatic hydroxyl groups is 1. The van der Waals surface area contributed by atoms with Gasteiger partial charge < -0.3 is 5.11 Å². The molecule has 0 aliphatic heterocycles. The number of benzene rings is 1. The summed E-state index contributed by atoms with van der Waals surface area (Å²) in [6.07, 6.45) is 4.06. The molecule has 0 saturated heterocycles. The smallest absolute Gasteiger partial charge is 0.128 e. The Balaban J connectivity index is 1.98. The van der Waals surface area contributed by atoms with Crippen molar-refractivity contribution < 1.29 is 9.50 Å². The predicted octanol–water partition coefficient (Wildman–Crippen LogP) is 2.23. The zero-order chi connectivity index (χ0) is 12.3. The third-order valence-electron chi connectivity index (χ3n) is 2.73. The normalized spacial score (nSPS) is 12.6. The number of rotatable bonds is 4. The number of hydrogen-bond acceptors (Lipinski definition) is 2. The summed E-state index contributed by atoms with van der Waals surface area (Å²) in [5.74, 6) is -0.355. The summed E-state index contributed by atoms with van der Waals surface area (Å²) in [4.78, 5) is 0. The first-order valence-corrected chi connectivity index (χ1v) is 5.57. The summed E-state index contributed by atoms with van der Waals surface area (Å²) in [5.41, 5.74) is 1.40. The molecule has 0 aliphatic carbocycles. The van der Waals surface area contributed by atoms with Gasteiger partial charge in [0, 0.05) is 18.8 Å². The molecule has 1 unspecified atom stereocenters. The first-order chi connectivity index (χ1) is 8.16. The number of aryl methyl sites for hydroxylation is 2. The fourth-order valence-corrected chi connectivity index (χ4v) is 1.81. The summed E-state index contributed by atoms with van der Waals surface area (Å²) >= 11 is 0. The van der Waals surface area contributed by atoms with Crippen molar-refractivity contribution >= 4 is 0 Å². The predicted molar refractivity (Wildman–Crippen MR) is 62.9 cm³/mol. The lowest BCUT2D eigenvalue weighted by atomic mass is 10.0. The van der Waals surface area contributed by atoms with Crippen molar-refractivity contribution in [3.63, 3.8) is 0 Å². The first kappa shape index (κ1) is 11.8. The molecular weight excluding hydrogens is 219 g/mol. The zero-order valence-electron chi connectivity index (χ0n) is 9.68. The van der Waals surface area contributed by atoms with Gasteiger partial charge in [-0.25, -0.2) is 4.39 Å². The van der Waals surface area contributed by atoms with Crippen molar-refractivity contribution in [2.45, 2.75) is 18.9 Å². The maximum absolute atomic E-state index is 13.4. The Kier molecular flexibility index (Phi) is 3.54. The van der Waals surface area contributed by atoms with Crippen LogP contribution in [0.25, 0.3) is 0 Å². The van der Waals surface area contributed by atoms with Crippen LogP contribution in [0.2, 0.25) is 0 Å². The van der Waals surface area contributed by atoms with Crippen LogP contribution in [0, 0.1) is 5.82 Å². The fraction of sp³-hybridized carbons (Fsp3) is 0.308. The Labute approximate surface area is 99.5 Å². The topological polar surface area (TPSA) is 38.0 Å². The van der Waals surface area contributed by atoms with Gasteiger partial charge in [-0.2, -0.15) is 5.10 Å². The van der Waals surface area contributed by atoms with E-state index in [1.807, 2.05) is 13.2 Å². The quantitative estimate of drug-likeness (QED) is 0.880. The lowest BCUT2D eigenvalue weighted by Gasteiger charge is -2.10. The van der Waals surface area contributed by atoms with Gasteiger partial charge in [0.05, 0.1) is 12.3 Å². The summed E-state index contributed by atoms with van der Waals surface area (Å²) in [6.45, 7) is 0. The van der Waals surface area contributed by atoms with Crippen molar-refractivity contribution in [1.29, 1.82) is 0 Å². The molecule has 90 valence electrons. The average molecular weight is 234 g/mol. The highest BCUT2D eigenvalue weighted by Gasteiger charge is 2.12. The van der Waals surface area contributed by atoms with Crippen LogP contribution in [0.1, 0.15) is 23.7 Å². The van der Waals surface area contributed by atoms with Crippen LogP contribution in [-0.2, 0) is 13.5 Å². The zero-order valence-corrected chi connectivity index (χ0v) is 9.68. The van der Waals surface area contributed by atoms with E-state index in [0.29, 0.717) is 18.4 Å². The van der Waals surface area contributed by atoms with Crippen molar-refractivity contribution in [2.75, 3.05) is 0 Å². The number of aliphatic hydroxyl groups excluding tert-OH is 1. The minimum absolute atomic E-state index is 0.355. The van der Waals surface area contributed by atoms with Gasteiger partial charge in [-0.3, -0.25) is 4.68 Å². The molecular formula is C13H15FN2O. The highest BCUT2D eigenvalue weighted by Crippen LogP contribution is 2.21. The first-order valence-electron chi connectivity index (χ1n) is 5.57. The van der Waals surface area contributed by atoms with Crippen molar-refractivity contribution in [3.8, 4) is 0 Å². The van der Waals surface area contributed by atoms with Crippen molar-refractivity contribution in [2.24, 2.45) is 7.05 Å². The molecule has 2 aromatic rings. The molecule has 0 saturated carbocycles. The minimum Gasteiger partial charge on any atom is -0.388 e. The van der Waals surface area contributed by atoms with E-state index in [9.17, 15) is 9.50 Å². The largest absolute Gasteiger partial charge is 0.388 e. The Hall–Kier alpha value is -1.68. The van der Waals surface area contributed by atoms with E-state index in [1.165, 1.54) is 6.07 Å². The molecule has 0 aliphatic rings. The van der Waals surface area contributed by atoms with E-state index in [4.69, 9.17) is 0 Å². The van der Waals surface area contributed by atoms with Crippen molar-refractivity contribution in [3.05, 3.63) is 53.6 Å². The molecule has 0 spiro atoms. The highest BCUT2D eigenvalue weighted by atomic mass is 19.1. The minimum atomic E-state index is -0.767. The lowest BCUT2D eigenvalue weighted by Crippen LogP contribution is -2.02. The van der Waals surface area contributed by atoms with E-state index < -0.39 is 6.10 Å². The molecule has 1 aromatic carbocycles. The second kappa shape index (κ2) is 5.10. The molecule has 1 aromatic heterocycles. The fourth-order valence-electron chi connectivity index (χ4n) is 1.81. The average Bonchev–Trinajstić information content (AvgIpc) is 2.73. The van der Waals surface area contributed by atoms with Gasteiger partial charge in [0.15, 0.2) is 0 Å². The Morgan fingerprint density at radius 3 is 2.82 bits per heavy atom. The van der Waals surface area contributed by atoms with Gasteiger partial charge in [0.2, 0.25) is 0 Å². The van der Waals surface area contributed by atoms with Gasteiger partial charge in [0.1, 0.15) is 5.82 Å².